The maximum absolute atomic E-state index is 11.8. The lowest BCUT2D eigenvalue weighted by molar-refractivity contribution is 0.108. The first-order chi connectivity index (χ1) is 9.97. The monoisotopic (exact) mass is 307 g/mol. The number of carbonyl (C=O) groups is 1. The minimum Gasteiger partial charge on any atom is -0.497 e. The van der Waals surface area contributed by atoms with E-state index in [1.807, 2.05) is 0 Å². The molecule has 0 N–H and O–H groups in total. The molecule has 0 saturated carbocycles. The van der Waals surface area contributed by atoms with Crippen LogP contribution in [-0.4, -0.2) is 24.0 Å². The van der Waals surface area contributed by atoms with Gasteiger partial charge in [0.05, 0.1) is 25.5 Å². The van der Waals surface area contributed by atoms with Crippen LogP contribution in [0.15, 0.2) is 35.3 Å². The number of halogens is 1. The maximum Gasteiger partial charge on any atom is 0.257 e. The Morgan fingerprint density at radius 2 is 1.90 bits per heavy atom. The summed E-state index contributed by atoms with van der Waals surface area (Å²) in [5, 5.41) is -0.796. The summed E-state index contributed by atoms with van der Waals surface area (Å²) in [6, 6.07) is 6.61. The van der Waals surface area contributed by atoms with Crippen molar-refractivity contribution in [3.8, 4) is 17.2 Å². The highest BCUT2D eigenvalue weighted by Crippen LogP contribution is 2.28. The predicted molar refractivity (Wildman–Crippen MR) is 80.1 cm³/mol. The van der Waals surface area contributed by atoms with Gasteiger partial charge in [-0.2, -0.15) is 0 Å². The van der Waals surface area contributed by atoms with Crippen molar-refractivity contribution in [1.82, 2.24) is 4.57 Å². The third-order valence-corrected chi connectivity index (χ3v) is 3.30. The van der Waals surface area contributed by atoms with Crippen molar-refractivity contribution in [2.45, 2.75) is 6.92 Å². The quantitative estimate of drug-likeness (QED) is 0.815. The molecule has 0 aliphatic rings. The lowest BCUT2D eigenvalue weighted by atomic mass is 10.2. The molecule has 0 aliphatic heterocycles. The van der Waals surface area contributed by atoms with Crippen LogP contribution in [0.4, 0.5) is 0 Å². The molecule has 21 heavy (non-hydrogen) atoms. The van der Waals surface area contributed by atoms with Crippen LogP contribution in [0, 0.1) is 6.92 Å². The smallest absolute Gasteiger partial charge is 0.257 e. The van der Waals surface area contributed by atoms with Crippen LogP contribution in [0.2, 0.25) is 0 Å². The van der Waals surface area contributed by atoms with E-state index in [1.54, 1.807) is 36.8 Å². The van der Waals surface area contributed by atoms with Crippen LogP contribution in [-0.2, 0) is 0 Å². The molecule has 0 saturated heterocycles. The van der Waals surface area contributed by atoms with Gasteiger partial charge in [-0.15, -0.1) is 0 Å². The third kappa shape index (κ3) is 2.92. The van der Waals surface area contributed by atoms with Gasteiger partial charge in [0.15, 0.2) is 5.43 Å². The highest BCUT2D eigenvalue weighted by atomic mass is 35.5. The number of hydrogen-bond donors (Lipinski definition) is 0. The fourth-order valence-corrected chi connectivity index (χ4v) is 2.17. The summed E-state index contributed by atoms with van der Waals surface area (Å²) in [5.41, 5.74) is 0.791. The van der Waals surface area contributed by atoms with Gasteiger partial charge in [0.1, 0.15) is 11.5 Å². The Bertz CT molecular complexity index is 752. The average molecular weight is 308 g/mol. The van der Waals surface area contributed by atoms with Crippen molar-refractivity contribution in [2.24, 2.45) is 0 Å². The van der Waals surface area contributed by atoms with Gasteiger partial charge in [-0.25, -0.2) is 0 Å². The zero-order valence-electron chi connectivity index (χ0n) is 11.8. The van der Waals surface area contributed by atoms with Crippen LogP contribution >= 0.6 is 11.6 Å². The number of nitrogens with zero attached hydrogens (tertiary/aromatic N) is 1. The van der Waals surface area contributed by atoms with E-state index in [0.717, 1.165) is 0 Å². The van der Waals surface area contributed by atoms with Crippen molar-refractivity contribution in [3.05, 3.63) is 51.9 Å². The Kier molecular flexibility index (Phi) is 4.33. The minimum atomic E-state index is -0.796. The van der Waals surface area contributed by atoms with Crippen LogP contribution in [0.3, 0.4) is 0 Å². The van der Waals surface area contributed by atoms with E-state index < -0.39 is 10.7 Å². The second kappa shape index (κ2) is 6.01. The van der Waals surface area contributed by atoms with Crippen molar-refractivity contribution < 1.29 is 14.3 Å². The van der Waals surface area contributed by atoms with Crippen LogP contribution in [0.25, 0.3) is 5.69 Å². The van der Waals surface area contributed by atoms with E-state index in [4.69, 9.17) is 21.1 Å². The lowest BCUT2D eigenvalue weighted by Gasteiger charge is -2.16. The van der Waals surface area contributed by atoms with E-state index in [1.165, 1.54) is 19.4 Å². The van der Waals surface area contributed by atoms with Gasteiger partial charge in [0.25, 0.3) is 5.24 Å². The SMILES string of the molecule is COc1ccc(OC)c(-n2cc(C(=O)Cl)c(=O)cc2C)c1. The molecule has 0 atom stereocenters. The minimum absolute atomic E-state index is 0.0906. The molecule has 0 radical (unpaired) electrons. The first kappa shape index (κ1) is 15.1. The molecule has 5 nitrogen and oxygen atoms in total. The number of carbonyl (C=O) groups excluding carboxylic acids is 1. The van der Waals surface area contributed by atoms with Crippen LogP contribution in [0.1, 0.15) is 16.1 Å². The van der Waals surface area contributed by atoms with Crippen molar-refractivity contribution in [1.29, 1.82) is 0 Å². The molecule has 1 heterocycles. The van der Waals surface area contributed by atoms with E-state index in [2.05, 4.69) is 0 Å². The number of benzene rings is 1. The molecule has 2 aromatic rings. The van der Waals surface area contributed by atoms with Gasteiger partial charge in [-0.1, -0.05) is 0 Å². The summed E-state index contributed by atoms with van der Waals surface area (Å²) in [7, 11) is 3.09. The van der Waals surface area contributed by atoms with Gasteiger partial charge < -0.3 is 14.0 Å². The normalized spacial score (nSPS) is 10.3. The number of aryl methyl sites for hydroxylation is 1. The largest absolute Gasteiger partial charge is 0.497 e. The van der Waals surface area contributed by atoms with Crippen LogP contribution < -0.4 is 14.9 Å². The summed E-state index contributed by atoms with van der Waals surface area (Å²) >= 11 is 5.44. The van der Waals surface area contributed by atoms with Gasteiger partial charge in [0, 0.05) is 24.0 Å². The Morgan fingerprint density at radius 1 is 1.19 bits per heavy atom. The predicted octanol–water partition coefficient (Wildman–Crippen LogP) is 2.54. The molecule has 0 spiro atoms. The molecular formula is C15H14ClNO4. The summed E-state index contributed by atoms with van der Waals surface area (Å²) in [5.74, 6) is 1.21. The molecule has 0 amide bonds. The average Bonchev–Trinajstić information content (AvgIpc) is 2.46. The number of ether oxygens (including phenoxy) is 2. The molecule has 1 aromatic heterocycles. The zero-order chi connectivity index (χ0) is 15.6. The maximum atomic E-state index is 11.8. The Morgan fingerprint density at radius 3 is 2.48 bits per heavy atom. The molecule has 2 rings (SSSR count). The summed E-state index contributed by atoms with van der Waals surface area (Å²) in [4.78, 5) is 23.1. The Balaban J connectivity index is 2.74. The first-order valence-corrected chi connectivity index (χ1v) is 6.51. The van der Waals surface area contributed by atoms with Crippen molar-refractivity contribution >= 4 is 16.8 Å². The summed E-state index contributed by atoms with van der Waals surface area (Å²) in [6.45, 7) is 1.75. The first-order valence-electron chi connectivity index (χ1n) is 6.13. The summed E-state index contributed by atoms with van der Waals surface area (Å²) < 4.78 is 12.2. The molecule has 0 unspecified atom stereocenters. The molecule has 6 heteroatoms. The van der Waals surface area contributed by atoms with Crippen molar-refractivity contribution in [3.63, 3.8) is 0 Å². The van der Waals surface area contributed by atoms with Gasteiger partial charge in [-0.3, -0.25) is 9.59 Å². The zero-order valence-corrected chi connectivity index (χ0v) is 12.6. The van der Waals surface area contributed by atoms with Gasteiger partial charge in [-0.05, 0) is 30.7 Å². The second-order valence-electron chi connectivity index (χ2n) is 4.37. The van der Waals surface area contributed by atoms with E-state index in [9.17, 15) is 9.59 Å². The van der Waals surface area contributed by atoms with Crippen LogP contribution in [0.5, 0.6) is 11.5 Å². The number of pyridine rings is 1. The Labute approximate surface area is 126 Å². The van der Waals surface area contributed by atoms with Gasteiger partial charge in [0.2, 0.25) is 0 Å². The molecule has 0 fully saturated rings. The molecule has 110 valence electrons. The number of rotatable bonds is 4. The molecule has 0 bridgehead atoms. The van der Waals surface area contributed by atoms with Gasteiger partial charge >= 0.3 is 0 Å². The number of aromatic nitrogens is 1. The van der Waals surface area contributed by atoms with E-state index in [-0.39, 0.29) is 5.56 Å². The molecular weight excluding hydrogens is 294 g/mol. The third-order valence-electron chi connectivity index (χ3n) is 3.10. The summed E-state index contributed by atoms with van der Waals surface area (Å²) in [6.07, 6.45) is 1.41. The topological polar surface area (TPSA) is 57.5 Å². The highest BCUT2D eigenvalue weighted by molar-refractivity contribution is 6.67. The second-order valence-corrected chi connectivity index (χ2v) is 4.72. The fraction of sp³-hybridized carbons (Fsp3) is 0.200. The molecule has 1 aromatic carbocycles. The standard InChI is InChI=1S/C15H14ClNO4/c1-9-6-13(18)11(15(16)19)8-17(9)12-7-10(20-2)4-5-14(12)21-3/h4-8H,1-3H3. The highest BCUT2D eigenvalue weighted by Gasteiger charge is 2.14. The molecule has 0 aliphatic carbocycles. The van der Waals surface area contributed by atoms with E-state index in [0.29, 0.717) is 22.9 Å². The Hall–Kier alpha value is -2.27. The van der Waals surface area contributed by atoms with Crippen molar-refractivity contribution in [2.75, 3.05) is 14.2 Å². The fourth-order valence-electron chi connectivity index (χ4n) is 2.02. The van der Waals surface area contributed by atoms with E-state index >= 15 is 0 Å². The number of hydrogen-bond acceptors (Lipinski definition) is 4. The number of methoxy groups -OCH3 is 2. The lowest BCUT2D eigenvalue weighted by Crippen LogP contribution is -2.16.